The standard InChI is InChI=1S/C25H28ClN5O2S/c1-5-13-31-23(22(16(2)3)28-24(33)18-9-7-6-8-10-18)29-30-25(31)34-15-21(32)27-20-12-11-19(26)14-17(20)4/h5-12,14,16,22H,1,13,15H2,2-4H3,(H,27,32)(H,28,33)/t22-/m0/s1. The van der Waals surface area contributed by atoms with E-state index in [1.807, 2.05) is 43.5 Å². The molecule has 0 radical (unpaired) electrons. The normalized spacial score (nSPS) is 11.8. The van der Waals surface area contributed by atoms with Crippen molar-refractivity contribution in [2.24, 2.45) is 5.92 Å². The summed E-state index contributed by atoms with van der Waals surface area (Å²) in [4.78, 5) is 25.3. The van der Waals surface area contributed by atoms with Crippen LogP contribution in [-0.2, 0) is 11.3 Å². The number of carbonyl (C=O) groups excluding carboxylic acids is 2. The fourth-order valence-corrected chi connectivity index (χ4v) is 4.35. The summed E-state index contributed by atoms with van der Waals surface area (Å²) >= 11 is 7.27. The van der Waals surface area contributed by atoms with Gasteiger partial charge in [-0.15, -0.1) is 16.8 Å². The number of carbonyl (C=O) groups is 2. The summed E-state index contributed by atoms with van der Waals surface area (Å²) < 4.78 is 1.88. The van der Waals surface area contributed by atoms with Crippen LogP contribution in [0.3, 0.4) is 0 Å². The molecule has 2 aromatic carbocycles. The summed E-state index contributed by atoms with van der Waals surface area (Å²) in [5.41, 5.74) is 2.18. The molecule has 1 atom stereocenters. The number of allylic oxidation sites excluding steroid dienone is 1. The van der Waals surface area contributed by atoms with Gasteiger partial charge in [-0.25, -0.2) is 0 Å². The molecular formula is C25H28ClN5O2S. The number of nitrogens with one attached hydrogen (secondary N) is 2. The Bertz CT molecular complexity index is 1160. The van der Waals surface area contributed by atoms with E-state index in [0.29, 0.717) is 33.8 Å². The van der Waals surface area contributed by atoms with E-state index in [-0.39, 0.29) is 29.5 Å². The van der Waals surface area contributed by atoms with Crippen LogP contribution in [0.4, 0.5) is 5.69 Å². The number of aryl methyl sites for hydroxylation is 1. The minimum atomic E-state index is -0.361. The summed E-state index contributed by atoms with van der Waals surface area (Å²) in [5.74, 6) is 0.493. The summed E-state index contributed by atoms with van der Waals surface area (Å²) in [6.07, 6.45) is 1.74. The Morgan fingerprint density at radius 2 is 1.91 bits per heavy atom. The molecule has 0 aliphatic carbocycles. The third-order valence-electron chi connectivity index (χ3n) is 5.12. The molecule has 0 fully saturated rings. The number of rotatable bonds is 10. The Kier molecular flexibility index (Phi) is 8.90. The van der Waals surface area contributed by atoms with Gasteiger partial charge in [-0.3, -0.25) is 9.59 Å². The molecule has 9 heteroatoms. The molecule has 3 aromatic rings. The first-order valence-electron chi connectivity index (χ1n) is 10.9. The van der Waals surface area contributed by atoms with E-state index in [4.69, 9.17) is 11.6 Å². The molecule has 0 spiro atoms. The van der Waals surface area contributed by atoms with Crippen molar-refractivity contribution in [3.05, 3.63) is 83.2 Å². The highest BCUT2D eigenvalue weighted by Crippen LogP contribution is 2.26. The summed E-state index contributed by atoms with van der Waals surface area (Å²) in [6.45, 7) is 10.2. The van der Waals surface area contributed by atoms with E-state index < -0.39 is 0 Å². The molecule has 0 aliphatic rings. The zero-order valence-corrected chi connectivity index (χ0v) is 21.0. The summed E-state index contributed by atoms with van der Waals surface area (Å²) in [5, 5.41) is 15.8. The molecule has 3 rings (SSSR count). The monoisotopic (exact) mass is 497 g/mol. The largest absolute Gasteiger partial charge is 0.342 e. The third kappa shape index (κ3) is 6.48. The van der Waals surface area contributed by atoms with Gasteiger partial charge in [0.05, 0.1) is 11.8 Å². The molecular weight excluding hydrogens is 470 g/mol. The van der Waals surface area contributed by atoms with E-state index in [0.717, 1.165) is 5.56 Å². The molecule has 0 bridgehead atoms. The second-order valence-corrected chi connectivity index (χ2v) is 9.48. The highest BCUT2D eigenvalue weighted by molar-refractivity contribution is 7.99. The second-order valence-electron chi connectivity index (χ2n) is 8.10. The average Bonchev–Trinajstić information content (AvgIpc) is 3.20. The Balaban J connectivity index is 1.74. The number of anilines is 1. The van der Waals surface area contributed by atoms with Crippen LogP contribution in [-0.4, -0.2) is 32.3 Å². The molecule has 0 unspecified atom stereocenters. The van der Waals surface area contributed by atoms with Gasteiger partial charge in [0.25, 0.3) is 5.91 Å². The maximum atomic E-state index is 12.8. The minimum Gasteiger partial charge on any atom is -0.342 e. The van der Waals surface area contributed by atoms with Gasteiger partial charge in [0, 0.05) is 22.8 Å². The zero-order chi connectivity index (χ0) is 24.7. The quantitative estimate of drug-likeness (QED) is 0.293. The van der Waals surface area contributed by atoms with Crippen molar-refractivity contribution in [2.45, 2.75) is 38.5 Å². The Hall–Kier alpha value is -3.10. The Morgan fingerprint density at radius 1 is 1.18 bits per heavy atom. The lowest BCUT2D eigenvalue weighted by atomic mass is 10.0. The molecule has 7 nitrogen and oxygen atoms in total. The number of halogens is 1. The molecule has 178 valence electrons. The lowest BCUT2D eigenvalue weighted by Gasteiger charge is -2.22. The maximum Gasteiger partial charge on any atom is 0.251 e. The van der Waals surface area contributed by atoms with Gasteiger partial charge < -0.3 is 15.2 Å². The molecule has 0 saturated carbocycles. The summed E-state index contributed by atoms with van der Waals surface area (Å²) in [6, 6.07) is 14.0. The average molecular weight is 498 g/mol. The Morgan fingerprint density at radius 3 is 2.56 bits per heavy atom. The number of amides is 2. The van der Waals surface area contributed by atoms with Crippen LogP contribution in [0.15, 0.2) is 66.3 Å². The van der Waals surface area contributed by atoms with Crippen LogP contribution < -0.4 is 10.6 Å². The molecule has 1 aromatic heterocycles. The first-order valence-corrected chi connectivity index (χ1v) is 12.2. The number of nitrogens with zero attached hydrogens (tertiary/aromatic N) is 3. The van der Waals surface area contributed by atoms with Crippen molar-refractivity contribution in [1.82, 2.24) is 20.1 Å². The number of hydrogen-bond acceptors (Lipinski definition) is 5. The van der Waals surface area contributed by atoms with E-state index in [2.05, 4.69) is 27.4 Å². The predicted molar refractivity (Wildman–Crippen MR) is 137 cm³/mol. The summed E-state index contributed by atoms with van der Waals surface area (Å²) in [7, 11) is 0. The van der Waals surface area contributed by atoms with Crippen molar-refractivity contribution >= 4 is 40.9 Å². The van der Waals surface area contributed by atoms with Crippen molar-refractivity contribution in [2.75, 3.05) is 11.1 Å². The highest BCUT2D eigenvalue weighted by Gasteiger charge is 2.26. The van der Waals surface area contributed by atoms with Gasteiger partial charge in [0.1, 0.15) is 0 Å². The van der Waals surface area contributed by atoms with E-state index in [1.165, 1.54) is 11.8 Å². The molecule has 1 heterocycles. The molecule has 2 N–H and O–H groups in total. The Labute approximate surface area is 209 Å². The van der Waals surface area contributed by atoms with Crippen molar-refractivity contribution in [3.8, 4) is 0 Å². The van der Waals surface area contributed by atoms with Gasteiger partial charge in [0.2, 0.25) is 5.91 Å². The first-order chi connectivity index (χ1) is 16.3. The number of aromatic nitrogens is 3. The van der Waals surface area contributed by atoms with Gasteiger partial charge in [-0.2, -0.15) is 0 Å². The first kappa shape index (κ1) is 25.5. The van der Waals surface area contributed by atoms with Crippen LogP contribution in [0.5, 0.6) is 0 Å². The molecule has 0 aliphatic heterocycles. The van der Waals surface area contributed by atoms with Gasteiger partial charge in [-0.05, 0) is 48.7 Å². The number of benzene rings is 2. The predicted octanol–water partition coefficient (Wildman–Crippen LogP) is 5.28. The SMILES string of the molecule is C=CCn1c(SCC(=O)Nc2ccc(Cl)cc2C)nnc1[C@@H](NC(=O)c1ccccc1)C(C)C. The number of hydrogen-bond donors (Lipinski definition) is 2. The molecule has 2 amide bonds. The third-order valence-corrected chi connectivity index (χ3v) is 6.32. The lowest BCUT2D eigenvalue weighted by molar-refractivity contribution is -0.113. The fourth-order valence-electron chi connectivity index (χ4n) is 3.36. The number of thioether (sulfide) groups is 1. The van der Waals surface area contributed by atoms with Crippen molar-refractivity contribution in [3.63, 3.8) is 0 Å². The van der Waals surface area contributed by atoms with Crippen molar-refractivity contribution < 1.29 is 9.59 Å². The fraction of sp³-hybridized carbons (Fsp3) is 0.280. The van der Waals surface area contributed by atoms with Crippen molar-refractivity contribution in [1.29, 1.82) is 0 Å². The van der Waals surface area contributed by atoms with Gasteiger partial charge >= 0.3 is 0 Å². The maximum absolute atomic E-state index is 12.8. The van der Waals surface area contributed by atoms with Crippen LogP contribution in [0.25, 0.3) is 0 Å². The van der Waals surface area contributed by atoms with E-state index in [9.17, 15) is 9.59 Å². The second kappa shape index (κ2) is 11.9. The van der Waals surface area contributed by atoms with Gasteiger partial charge in [-0.1, -0.05) is 61.5 Å². The van der Waals surface area contributed by atoms with Crippen LogP contribution in [0.1, 0.15) is 41.6 Å². The van der Waals surface area contributed by atoms with Crippen LogP contribution >= 0.6 is 23.4 Å². The molecule has 0 saturated heterocycles. The smallest absolute Gasteiger partial charge is 0.251 e. The highest BCUT2D eigenvalue weighted by atomic mass is 35.5. The van der Waals surface area contributed by atoms with Crippen LogP contribution in [0.2, 0.25) is 5.02 Å². The topological polar surface area (TPSA) is 88.9 Å². The molecule has 34 heavy (non-hydrogen) atoms. The van der Waals surface area contributed by atoms with E-state index >= 15 is 0 Å². The van der Waals surface area contributed by atoms with Crippen LogP contribution in [0, 0.1) is 12.8 Å². The van der Waals surface area contributed by atoms with E-state index in [1.54, 1.807) is 36.4 Å². The zero-order valence-electron chi connectivity index (χ0n) is 19.4. The van der Waals surface area contributed by atoms with Gasteiger partial charge in [0.15, 0.2) is 11.0 Å². The minimum absolute atomic E-state index is 0.0643. The lowest BCUT2D eigenvalue weighted by Crippen LogP contribution is -2.33.